The van der Waals surface area contributed by atoms with Crippen molar-refractivity contribution in [2.45, 2.75) is 39.8 Å². The summed E-state index contributed by atoms with van der Waals surface area (Å²) in [6.45, 7) is 8.37. The lowest BCUT2D eigenvalue weighted by Crippen LogP contribution is -2.23. The van der Waals surface area contributed by atoms with Crippen LogP contribution in [0.1, 0.15) is 39.4 Å². The van der Waals surface area contributed by atoms with Crippen LogP contribution in [-0.2, 0) is 4.74 Å². The van der Waals surface area contributed by atoms with Crippen molar-refractivity contribution in [2.75, 3.05) is 0 Å². The molecule has 106 valence electrons. The molecule has 0 radical (unpaired) electrons. The zero-order valence-electron chi connectivity index (χ0n) is 11.5. The molecule has 0 unspecified atom stereocenters. The molecule has 2 rings (SSSR count). The molecule has 0 bridgehead atoms. The van der Waals surface area contributed by atoms with Crippen molar-refractivity contribution in [2.24, 2.45) is 5.92 Å². The summed E-state index contributed by atoms with van der Waals surface area (Å²) in [5.74, 6) is 0.833. The van der Waals surface area contributed by atoms with E-state index in [1.165, 1.54) is 0 Å². The highest BCUT2D eigenvalue weighted by Crippen LogP contribution is 2.30. The van der Waals surface area contributed by atoms with Crippen molar-refractivity contribution in [3.63, 3.8) is 0 Å². The normalized spacial score (nSPS) is 21.5. The fourth-order valence-corrected chi connectivity index (χ4v) is 2.15. The molecule has 1 N–H and O–H groups in total. The van der Waals surface area contributed by atoms with Gasteiger partial charge >= 0.3 is 6.09 Å². The number of halogens is 2. The Morgan fingerprint density at radius 2 is 1.63 bits per heavy atom. The van der Waals surface area contributed by atoms with Crippen molar-refractivity contribution in [1.82, 2.24) is 5.32 Å². The van der Waals surface area contributed by atoms with E-state index in [0.717, 1.165) is 11.5 Å². The maximum Gasteiger partial charge on any atom is 0.408 e. The van der Waals surface area contributed by atoms with Crippen molar-refractivity contribution in [3.05, 3.63) is 33.8 Å². The second-order valence-electron chi connectivity index (χ2n) is 5.19. The van der Waals surface area contributed by atoms with E-state index < -0.39 is 6.09 Å². The molecule has 1 fully saturated rings. The second kappa shape index (κ2) is 7.01. The van der Waals surface area contributed by atoms with E-state index in [0.29, 0.717) is 10.0 Å². The number of amides is 1. The van der Waals surface area contributed by atoms with Gasteiger partial charge in [-0.2, -0.15) is 0 Å². The molecule has 1 aliphatic rings. The molecule has 1 saturated heterocycles. The van der Waals surface area contributed by atoms with Gasteiger partial charge in [-0.15, -0.1) is 0 Å². The van der Waals surface area contributed by atoms with Gasteiger partial charge in [0.1, 0.15) is 6.10 Å². The Labute approximate surface area is 124 Å². The SMILES string of the molecule is CC(C)C.C[C@H]1NC(=O)O[C@@H]1c1cc(Cl)cc(Cl)c1. The van der Waals surface area contributed by atoms with Gasteiger partial charge in [-0.05, 0) is 36.6 Å². The molecule has 0 aliphatic carbocycles. The van der Waals surface area contributed by atoms with Crippen LogP contribution in [0.4, 0.5) is 4.79 Å². The lowest BCUT2D eigenvalue weighted by molar-refractivity contribution is 0.134. The largest absolute Gasteiger partial charge is 0.439 e. The van der Waals surface area contributed by atoms with Gasteiger partial charge in [-0.1, -0.05) is 44.0 Å². The number of benzene rings is 1. The standard InChI is InChI=1S/C10H9Cl2NO2.C4H10/c1-5-9(15-10(14)13-5)6-2-7(11)4-8(12)3-6;1-4(2)3/h2-5,9H,1H3,(H,13,14);4H,1-3H3/t5-,9+;/m1./s1. The van der Waals surface area contributed by atoms with Crippen LogP contribution in [0, 0.1) is 5.92 Å². The van der Waals surface area contributed by atoms with E-state index in [1.54, 1.807) is 18.2 Å². The number of hydrogen-bond acceptors (Lipinski definition) is 2. The quantitative estimate of drug-likeness (QED) is 0.807. The van der Waals surface area contributed by atoms with Gasteiger partial charge in [0, 0.05) is 10.0 Å². The molecule has 5 heteroatoms. The van der Waals surface area contributed by atoms with Crippen molar-refractivity contribution in [3.8, 4) is 0 Å². The van der Waals surface area contributed by atoms with Gasteiger partial charge in [0.25, 0.3) is 0 Å². The number of ether oxygens (including phenoxy) is 1. The minimum absolute atomic E-state index is 0.0768. The molecule has 0 spiro atoms. The van der Waals surface area contributed by atoms with Crippen molar-refractivity contribution < 1.29 is 9.53 Å². The molecule has 1 aliphatic heterocycles. The van der Waals surface area contributed by atoms with E-state index in [4.69, 9.17) is 27.9 Å². The molecule has 0 aromatic heterocycles. The Kier molecular flexibility index (Phi) is 5.95. The highest BCUT2D eigenvalue weighted by molar-refractivity contribution is 6.34. The average molecular weight is 304 g/mol. The molecular weight excluding hydrogens is 285 g/mol. The number of cyclic esters (lactones) is 1. The van der Waals surface area contributed by atoms with Gasteiger partial charge < -0.3 is 10.1 Å². The maximum atomic E-state index is 11.0. The Hall–Kier alpha value is -0.930. The van der Waals surface area contributed by atoms with Crippen molar-refractivity contribution >= 4 is 29.3 Å². The summed E-state index contributed by atoms with van der Waals surface area (Å²) in [5, 5.41) is 3.73. The topological polar surface area (TPSA) is 38.3 Å². The molecule has 19 heavy (non-hydrogen) atoms. The van der Waals surface area contributed by atoms with Crippen LogP contribution in [0.15, 0.2) is 18.2 Å². The Balaban J connectivity index is 0.000000399. The Morgan fingerprint density at radius 3 is 2.00 bits per heavy atom. The molecule has 2 atom stereocenters. The molecule has 1 amide bonds. The summed E-state index contributed by atoms with van der Waals surface area (Å²) in [5.41, 5.74) is 0.804. The lowest BCUT2D eigenvalue weighted by atomic mass is 10.0. The van der Waals surface area contributed by atoms with Crippen LogP contribution < -0.4 is 5.32 Å². The summed E-state index contributed by atoms with van der Waals surface area (Å²) in [6, 6.07) is 5.05. The second-order valence-corrected chi connectivity index (χ2v) is 6.07. The van der Waals surface area contributed by atoms with E-state index in [9.17, 15) is 4.79 Å². The van der Waals surface area contributed by atoms with Crippen LogP contribution in [0.3, 0.4) is 0 Å². The van der Waals surface area contributed by atoms with E-state index >= 15 is 0 Å². The third-order valence-electron chi connectivity index (χ3n) is 2.25. The zero-order valence-corrected chi connectivity index (χ0v) is 13.0. The third kappa shape index (κ3) is 5.29. The van der Waals surface area contributed by atoms with Crippen LogP contribution in [-0.4, -0.2) is 12.1 Å². The third-order valence-corrected chi connectivity index (χ3v) is 2.68. The molecule has 1 aromatic carbocycles. The summed E-state index contributed by atoms with van der Waals surface area (Å²) >= 11 is 11.7. The number of carbonyl (C=O) groups is 1. The van der Waals surface area contributed by atoms with Crippen LogP contribution in [0.5, 0.6) is 0 Å². The average Bonchev–Trinajstić information content (AvgIpc) is 2.55. The molecule has 3 nitrogen and oxygen atoms in total. The molecule has 1 aromatic rings. The first-order chi connectivity index (χ1) is 8.79. The summed E-state index contributed by atoms with van der Waals surface area (Å²) < 4.78 is 5.10. The number of hydrogen-bond donors (Lipinski definition) is 1. The zero-order chi connectivity index (χ0) is 14.6. The Bertz CT molecular complexity index is 426. The van der Waals surface area contributed by atoms with Crippen LogP contribution >= 0.6 is 23.2 Å². The first-order valence-electron chi connectivity index (χ1n) is 6.22. The van der Waals surface area contributed by atoms with E-state index in [-0.39, 0.29) is 12.1 Å². The predicted octanol–water partition coefficient (Wildman–Crippen LogP) is 4.83. The van der Waals surface area contributed by atoms with Gasteiger partial charge in [0.15, 0.2) is 0 Å². The summed E-state index contributed by atoms with van der Waals surface area (Å²) in [7, 11) is 0. The van der Waals surface area contributed by atoms with E-state index in [2.05, 4.69) is 26.1 Å². The van der Waals surface area contributed by atoms with Gasteiger partial charge in [-0.3, -0.25) is 0 Å². The number of rotatable bonds is 1. The van der Waals surface area contributed by atoms with Gasteiger partial charge in [0.05, 0.1) is 6.04 Å². The fraction of sp³-hybridized carbons (Fsp3) is 0.500. The molecular formula is C14H19Cl2NO2. The van der Waals surface area contributed by atoms with Gasteiger partial charge in [0.2, 0.25) is 0 Å². The fourth-order valence-electron chi connectivity index (χ4n) is 1.61. The first-order valence-corrected chi connectivity index (χ1v) is 6.98. The van der Waals surface area contributed by atoms with Gasteiger partial charge in [-0.25, -0.2) is 4.79 Å². The highest BCUT2D eigenvalue weighted by Gasteiger charge is 2.32. The maximum absolute atomic E-state index is 11.0. The monoisotopic (exact) mass is 303 g/mol. The highest BCUT2D eigenvalue weighted by atomic mass is 35.5. The number of carbonyl (C=O) groups excluding carboxylic acids is 1. The van der Waals surface area contributed by atoms with Crippen molar-refractivity contribution in [1.29, 1.82) is 0 Å². The molecule has 1 heterocycles. The number of nitrogens with one attached hydrogen (secondary N) is 1. The van der Waals surface area contributed by atoms with E-state index in [1.807, 2.05) is 6.92 Å². The summed E-state index contributed by atoms with van der Waals surface area (Å²) in [4.78, 5) is 11.0. The molecule has 0 saturated carbocycles. The van der Waals surface area contributed by atoms with Crippen LogP contribution in [0.2, 0.25) is 10.0 Å². The predicted molar refractivity (Wildman–Crippen MR) is 78.8 cm³/mol. The minimum atomic E-state index is -0.413. The number of alkyl carbamates (subject to hydrolysis) is 1. The lowest BCUT2D eigenvalue weighted by Gasteiger charge is -2.13. The van der Waals surface area contributed by atoms with Crippen LogP contribution in [0.25, 0.3) is 0 Å². The Morgan fingerprint density at radius 1 is 1.16 bits per heavy atom. The smallest absolute Gasteiger partial charge is 0.408 e. The minimum Gasteiger partial charge on any atom is -0.439 e. The summed E-state index contributed by atoms with van der Waals surface area (Å²) in [6.07, 6.45) is -0.739. The first kappa shape index (κ1) is 16.1.